The highest BCUT2D eigenvalue weighted by Gasteiger charge is 2.10. The van der Waals surface area contributed by atoms with Crippen LogP contribution < -0.4 is 5.73 Å². The molecular formula is C21H23NOS. The third-order valence-electron chi connectivity index (χ3n) is 4.03. The van der Waals surface area contributed by atoms with E-state index in [4.69, 9.17) is 10.5 Å². The summed E-state index contributed by atoms with van der Waals surface area (Å²) in [4.78, 5) is 2.66. The van der Waals surface area contributed by atoms with Gasteiger partial charge in [0.25, 0.3) is 0 Å². The second-order valence-corrected chi connectivity index (χ2v) is 7.05. The zero-order valence-electron chi connectivity index (χ0n) is 13.7. The van der Waals surface area contributed by atoms with Crippen molar-refractivity contribution in [2.45, 2.75) is 25.6 Å². The van der Waals surface area contributed by atoms with Crippen LogP contribution in [0.25, 0.3) is 0 Å². The van der Waals surface area contributed by atoms with Gasteiger partial charge in [-0.3, -0.25) is 0 Å². The summed E-state index contributed by atoms with van der Waals surface area (Å²) in [6.07, 6.45) is 2.12. The Morgan fingerprint density at radius 3 is 2.17 bits per heavy atom. The maximum atomic E-state index is 6.02. The highest BCUT2D eigenvalue weighted by Crippen LogP contribution is 2.23. The molecule has 24 heavy (non-hydrogen) atoms. The molecule has 3 rings (SSSR count). The highest BCUT2D eigenvalue weighted by molar-refractivity contribution is 7.11. The molecule has 0 aliphatic heterocycles. The van der Waals surface area contributed by atoms with Gasteiger partial charge in [-0.2, -0.15) is 0 Å². The Kier molecular flexibility index (Phi) is 6.19. The largest absolute Gasteiger partial charge is 0.367 e. The molecule has 124 valence electrons. The molecule has 0 bridgehead atoms. The number of benzene rings is 2. The molecule has 1 atom stereocenters. The average Bonchev–Trinajstić information content (AvgIpc) is 3.10. The maximum absolute atomic E-state index is 6.02. The lowest BCUT2D eigenvalue weighted by molar-refractivity contribution is 0.0473. The highest BCUT2D eigenvalue weighted by atomic mass is 32.1. The first-order valence-corrected chi connectivity index (χ1v) is 9.15. The zero-order chi connectivity index (χ0) is 16.6. The van der Waals surface area contributed by atoms with E-state index in [1.54, 1.807) is 0 Å². The Morgan fingerprint density at radius 2 is 1.46 bits per heavy atom. The van der Waals surface area contributed by atoms with Crippen LogP contribution in [0, 0.1) is 0 Å². The summed E-state index contributed by atoms with van der Waals surface area (Å²) in [5, 5.41) is 0. The van der Waals surface area contributed by atoms with E-state index in [0.717, 1.165) is 18.4 Å². The molecule has 0 amide bonds. The summed E-state index contributed by atoms with van der Waals surface area (Å²) in [7, 11) is 0. The summed E-state index contributed by atoms with van der Waals surface area (Å²) < 4.78 is 6.02. The third kappa shape index (κ3) is 4.78. The van der Waals surface area contributed by atoms with Gasteiger partial charge in [-0.25, -0.2) is 0 Å². The Balaban J connectivity index is 1.52. The van der Waals surface area contributed by atoms with E-state index in [1.807, 2.05) is 29.5 Å². The van der Waals surface area contributed by atoms with Crippen molar-refractivity contribution in [3.05, 3.63) is 93.7 Å². The lowest BCUT2D eigenvalue weighted by Gasteiger charge is -2.15. The maximum Gasteiger partial charge on any atom is 0.0952 e. The van der Waals surface area contributed by atoms with E-state index in [2.05, 4.69) is 54.6 Å². The van der Waals surface area contributed by atoms with Crippen molar-refractivity contribution in [3.63, 3.8) is 0 Å². The van der Waals surface area contributed by atoms with E-state index in [1.165, 1.54) is 15.3 Å². The van der Waals surface area contributed by atoms with Crippen LogP contribution in [0.15, 0.2) is 72.8 Å². The van der Waals surface area contributed by atoms with E-state index >= 15 is 0 Å². The molecule has 2 N–H and O–H groups in total. The Labute approximate surface area is 147 Å². The van der Waals surface area contributed by atoms with Gasteiger partial charge in [-0.05, 0) is 36.1 Å². The van der Waals surface area contributed by atoms with Gasteiger partial charge in [-0.1, -0.05) is 60.7 Å². The van der Waals surface area contributed by atoms with E-state index in [0.29, 0.717) is 13.2 Å². The number of nitrogens with two attached hydrogens (primary N) is 1. The van der Waals surface area contributed by atoms with Crippen LogP contribution in [0.2, 0.25) is 0 Å². The fourth-order valence-corrected chi connectivity index (χ4v) is 3.64. The van der Waals surface area contributed by atoms with E-state index < -0.39 is 0 Å². The monoisotopic (exact) mass is 337 g/mol. The SMILES string of the molecule is NCC(OCc1ccc(CCc2ccccc2)s1)c1ccccc1. The molecule has 3 heteroatoms. The predicted molar refractivity (Wildman–Crippen MR) is 101 cm³/mol. The number of hydrogen-bond acceptors (Lipinski definition) is 3. The molecule has 0 aliphatic rings. The molecule has 2 nitrogen and oxygen atoms in total. The molecule has 0 aliphatic carbocycles. The van der Waals surface area contributed by atoms with Gasteiger partial charge in [0, 0.05) is 16.3 Å². The fourth-order valence-electron chi connectivity index (χ4n) is 2.70. The molecule has 3 aromatic rings. The second-order valence-electron chi connectivity index (χ2n) is 5.80. The number of aryl methyl sites for hydroxylation is 2. The van der Waals surface area contributed by atoms with Crippen molar-refractivity contribution in [3.8, 4) is 0 Å². The minimum atomic E-state index is -0.0407. The third-order valence-corrected chi connectivity index (χ3v) is 5.15. The molecule has 0 fully saturated rings. The Hall–Kier alpha value is -1.94. The summed E-state index contributed by atoms with van der Waals surface area (Å²) in [6, 6.07) is 25.2. The standard InChI is InChI=1S/C21H23NOS/c22-15-21(18-9-5-2-6-10-18)23-16-20-14-13-19(24-20)12-11-17-7-3-1-4-8-17/h1-10,13-14,21H,11-12,15-16,22H2. The van der Waals surface area contributed by atoms with Crippen molar-refractivity contribution in [2.24, 2.45) is 5.73 Å². The lowest BCUT2D eigenvalue weighted by Crippen LogP contribution is -2.15. The van der Waals surface area contributed by atoms with E-state index in [-0.39, 0.29) is 6.10 Å². The van der Waals surface area contributed by atoms with Gasteiger partial charge < -0.3 is 10.5 Å². The zero-order valence-corrected chi connectivity index (χ0v) is 14.5. The quantitative estimate of drug-likeness (QED) is 0.644. The second kappa shape index (κ2) is 8.78. The van der Waals surface area contributed by atoms with Crippen LogP contribution in [0.4, 0.5) is 0 Å². The average molecular weight is 337 g/mol. The minimum absolute atomic E-state index is 0.0407. The first kappa shape index (κ1) is 16.9. The molecule has 1 heterocycles. The minimum Gasteiger partial charge on any atom is -0.367 e. The van der Waals surface area contributed by atoms with Gasteiger partial charge >= 0.3 is 0 Å². The Morgan fingerprint density at radius 1 is 0.792 bits per heavy atom. The van der Waals surface area contributed by atoms with Gasteiger partial charge in [0.1, 0.15) is 0 Å². The molecule has 0 radical (unpaired) electrons. The van der Waals surface area contributed by atoms with Crippen LogP contribution in [0.3, 0.4) is 0 Å². The first-order chi connectivity index (χ1) is 11.8. The molecule has 2 aromatic carbocycles. The van der Waals surface area contributed by atoms with E-state index in [9.17, 15) is 0 Å². The lowest BCUT2D eigenvalue weighted by atomic mass is 10.1. The van der Waals surface area contributed by atoms with Crippen LogP contribution in [-0.4, -0.2) is 6.54 Å². The molecule has 0 saturated heterocycles. The van der Waals surface area contributed by atoms with Crippen molar-refractivity contribution in [2.75, 3.05) is 6.54 Å². The molecule has 0 spiro atoms. The normalized spacial score (nSPS) is 12.2. The molecule has 0 saturated carbocycles. The topological polar surface area (TPSA) is 35.2 Å². The van der Waals surface area contributed by atoms with Crippen LogP contribution in [0.1, 0.15) is 27.0 Å². The fraction of sp³-hybridized carbons (Fsp3) is 0.238. The molecule has 1 unspecified atom stereocenters. The Bertz CT molecular complexity index is 724. The summed E-state index contributed by atoms with van der Waals surface area (Å²) in [6.45, 7) is 1.11. The van der Waals surface area contributed by atoms with Crippen molar-refractivity contribution < 1.29 is 4.74 Å². The number of rotatable bonds is 8. The van der Waals surface area contributed by atoms with Crippen molar-refractivity contribution in [1.29, 1.82) is 0 Å². The molecular weight excluding hydrogens is 314 g/mol. The van der Waals surface area contributed by atoms with Gasteiger partial charge in [0.05, 0.1) is 12.7 Å². The number of ether oxygens (including phenoxy) is 1. The smallest absolute Gasteiger partial charge is 0.0952 e. The summed E-state index contributed by atoms with van der Waals surface area (Å²) in [5.41, 5.74) is 8.39. The summed E-state index contributed by atoms with van der Waals surface area (Å²) in [5.74, 6) is 0. The van der Waals surface area contributed by atoms with Crippen LogP contribution in [-0.2, 0) is 24.2 Å². The van der Waals surface area contributed by atoms with Gasteiger partial charge in [0.15, 0.2) is 0 Å². The first-order valence-electron chi connectivity index (χ1n) is 8.33. The van der Waals surface area contributed by atoms with Crippen LogP contribution >= 0.6 is 11.3 Å². The van der Waals surface area contributed by atoms with Crippen LogP contribution in [0.5, 0.6) is 0 Å². The van der Waals surface area contributed by atoms with Crippen molar-refractivity contribution in [1.82, 2.24) is 0 Å². The van der Waals surface area contributed by atoms with Gasteiger partial charge in [-0.15, -0.1) is 11.3 Å². The molecule has 1 aromatic heterocycles. The van der Waals surface area contributed by atoms with Gasteiger partial charge in [0.2, 0.25) is 0 Å². The summed E-state index contributed by atoms with van der Waals surface area (Å²) >= 11 is 1.83. The number of hydrogen-bond donors (Lipinski definition) is 1. The number of thiophene rings is 1. The predicted octanol–water partition coefficient (Wildman–Crippen LogP) is 4.75. The van der Waals surface area contributed by atoms with Crippen molar-refractivity contribution >= 4 is 11.3 Å².